The van der Waals surface area contributed by atoms with Crippen molar-refractivity contribution < 1.29 is 14.3 Å². The molecule has 0 aromatic heterocycles. The highest BCUT2D eigenvalue weighted by atomic mass is 32.2. The van der Waals surface area contributed by atoms with E-state index in [1.165, 1.54) is 23.1 Å². The first-order valence-corrected chi connectivity index (χ1v) is 7.10. The van der Waals surface area contributed by atoms with E-state index in [9.17, 15) is 4.79 Å². The zero-order chi connectivity index (χ0) is 13.4. The molecule has 0 atom stereocenters. The minimum atomic E-state index is -0.418. The molecule has 2 heterocycles. The van der Waals surface area contributed by atoms with Gasteiger partial charge in [0, 0.05) is 16.2 Å². The predicted molar refractivity (Wildman–Crippen MR) is 74.6 cm³/mol. The zero-order valence-corrected chi connectivity index (χ0v) is 11.7. The molecule has 3 rings (SSSR count). The first-order valence-electron chi connectivity index (χ1n) is 6.11. The lowest BCUT2D eigenvalue weighted by Crippen LogP contribution is -2.15. The molecule has 0 N–H and O–H groups in total. The molecule has 0 saturated carbocycles. The topological polar surface area (TPSA) is 35.5 Å². The lowest BCUT2D eigenvalue weighted by Gasteiger charge is -2.26. The predicted octanol–water partition coefficient (Wildman–Crippen LogP) is 3.29. The number of esters is 1. The molecule has 2 aliphatic heterocycles. The molecule has 0 unspecified atom stereocenters. The monoisotopic (exact) mass is 274 g/mol. The van der Waals surface area contributed by atoms with Crippen molar-refractivity contribution in [3.8, 4) is 0 Å². The lowest BCUT2D eigenvalue weighted by molar-refractivity contribution is -0.139. The average Bonchev–Trinajstić information content (AvgIpc) is 2.45. The second-order valence-corrected chi connectivity index (χ2v) is 5.60. The van der Waals surface area contributed by atoms with Gasteiger partial charge in [-0.15, -0.1) is 11.8 Å². The largest absolute Gasteiger partial charge is 0.463 e. The number of fused-ring (bicyclic) bond motifs is 2. The summed E-state index contributed by atoms with van der Waals surface area (Å²) in [6, 6.07) is 6.31. The van der Waals surface area contributed by atoms with E-state index in [4.69, 9.17) is 9.47 Å². The van der Waals surface area contributed by atoms with Crippen LogP contribution in [-0.4, -0.2) is 18.8 Å². The lowest BCUT2D eigenvalue weighted by atomic mass is 10.0. The summed E-state index contributed by atoms with van der Waals surface area (Å²) in [5.74, 6) is 1.62. The van der Waals surface area contributed by atoms with Gasteiger partial charge in [0.15, 0.2) is 0 Å². The highest BCUT2D eigenvalue weighted by Gasteiger charge is 2.27. The Morgan fingerprint density at radius 2 is 2.26 bits per heavy atom. The van der Waals surface area contributed by atoms with Crippen LogP contribution in [0.15, 0.2) is 40.5 Å². The minimum absolute atomic E-state index is 0.292. The SMILES string of the molecule is COC(=O)C1=CCC2=C(O1)c1cc(C)ccc1SC2. The fraction of sp³-hybridized carbons (Fsp3) is 0.267. The number of carbonyl (C=O) groups is 1. The van der Waals surface area contributed by atoms with Crippen molar-refractivity contribution in [1.29, 1.82) is 0 Å². The molecule has 1 aromatic carbocycles. The Hall–Kier alpha value is -1.68. The van der Waals surface area contributed by atoms with E-state index in [1.807, 2.05) is 11.8 Å². The third-order valence-corrected chi connectivity index (χ3v) is 4.39. The zero-order valence-electron chi connectivity index (χ0n) is 10.9. The summed E-state index contributed by atoms with van der Waals surface area (Å²) in [7, 11) is 1.37. The number of thioether (sulfide) groups is 1. The Morgan fingerprint density at radius 3 is 3.05 bits per heavy atom. The summed E-state index contributed by atoms with van der Waals surface area (Å²) in [6.07, 6.45) is 2.55. The number of hydrogen-bond donors (Lipinski definition) is 0. The van der Waals surface area contributed by atoms with Crippen LogP contribution in [0.25, 0.3) is 5.76 Å². The molecule has 0 aliphatic carbocycles. The Morgan fingerprint density at radius 1 is 1.42 bits per heavy atom. The van der Waals surface area contributed by atoms with E-state index in [1.54, 1.807) is 6.08 Å². The normalized spacial score (nSPS) is 17.1. The Labute approximate surface area is 116 Å². The molecule has 0 spiro atoms. The Bertz CT molecular complexity index is 614. The fourth-order valence-corrected chi connectivity index (χ4v) is 3.29. The van der Waals surface area contributed by atoms with Gasteiger partial charge in [0.25, 0.3) is 0 Å². The first-order chi connectivity index (χ1) is 9.19. The Kier molecular flexibility index (Phi) is 3.11. The summed E-state index contributed by atoms with van der Waals surface area (Å²) in [4.78, 5) is 12.8. The fourth-order valence-electron chi connectivity index (χ4n) is 2.24. The van der Waals surface area contributed by atoms with E-state index in [0.29, 0.717) is 5.76 Å². The van der Waals surface area contributed by atoms with Crippen LogP contribution in [0.1, 0.15) is 17.5 Å². The summed E-state index contributed by atoms with van der Waals surface area (Å²) >= 11 is 1.82. The highest BCUT2D eigenvalue weighted by molar-refractivity contribution is 7.99. The van der Waals surface area contributed by atoms with Gasteiger partial charge in [-0.3, -0.25) is 0 Å². The van der Waals surface area contributed by atoms with Crippen molar-refractivity contribution in [3.63, 3.8) is 0 Å². The van der Waals surface area contributed by atoms with Crippen LogP contribution in [0, 0.1) is 6.92 Å². The van der Waals surface area contributed by atoms with Gasteiger partial charge in [0.1, 0.15) is 5.76 Å². The van der Waals surface area contributed by atoms with Crippen LogP contribution in [0.4, 0.5) is 0 Å². The van der Waals surface area contributed by atoms with Gasteiger partial charge in [-0.05, 0) is 37.1 Å². The maximum absolute atomic E-state index is 11.6. The quantitative estimate of drug-likeness (QED) is 0.736. The van der Waals surface area contributed by atoms with Crippen LogP contribution >= 0.6 is 11.8 Å². The summed E-state index contributed by atoms with van der Waals surface area (Å²) in [6.45, 7) is 2.06. The number of methoxy groups -OCH3 is 1. The second kappa shape index (κ2) is 4.78. The molecule has 19 heavy (non-hydrogen) atoms. The average molecular weight is 274 g/mol. The van der Waals surface area contributed by atoms with Crippen molar-refractivity contribution >= 4 is 23.5 Å². The maximum atomic E-state index is 11.6. The molecule has 3 nitrogen and oxygen atoms in total. The molecular weight excluding hydrogens is 260 g/mol. The number of hydrogen-bond acceptors (Lipinski definition) is 4. The van der Waals surface area contributed by atoms with Gasteiger partial charge < -0.3 is 9.47 Å². The van der Waals surface area contributed by atoms with Crippen molar-refractivity contribution in [2.24, 2.45) is 0 Å². The van der Waals surface area contributed by atoms with Gasteiger partial charge in [-0.25, -0.2) is 4.79 Å². The number of aryl methyl sites for hydroxylation is 1. The summed E-state index contributed by atoms with van der Waals surface area (Å²) in [5.41, 5.74) is 3.50. The van der Waals surface area contributed by atoms with Crippen LogP contribution in [-0.2, 0) is 14.3 Å². The third-order valence-electron chi connectivity index (χ3n) is 3.24. The van der Waals surface area contributed by atoms with Crippen LogP contribution in [0.3, 0.4) is 0 Å². The third kappa shape index (κ3) is 2.16. The van der Waals surface area contributed by atoms with Gasteiger partial charge in [-0.2, -0.15) is 0 Å². The molecule has 0 fully saturated rings. The first kappa shape index (κ1) is 12.4. The summed E-state index contributed by atoms with van der Waals surface area (Å²) in [5, 5.41) is 0. The van der Waals surface area contributed by atoms with Gasteiger partial charge >= 0.3 is 5.97 Å². The molecular formula is C15H14O3S. The molecule has 4 heteroatoms. The van der Waals surface area contributed by atoms with Crippen molar-refractivity contribution in [3.05, 3.63) is 46.7 Å². The molecule has 0 amide bonds. The van der Waals surface area contributed by atoms with E-state index in [2.05, 4.69) is 25.1 Å². The van der Waals surface area contributed by atoms with Crippen LogP contribution < -0.4 is 0 Å². The molecule has 1 aromatic rings. The minimum Gasteiger partial charge on any atom is -0.463 e. The van der Waals surface area contributed by atoms with Crippen molar-refractivity contribution in [1.82, 2.24) is 0 Å². The molecule has 98 valence electrons. The van der Waals surface area contributed by atoms with E-state index in [-0.39, 0.29) is 0 Å². The van der Waals surface area contributed by atoms with Crippen LogP contribution in [0.5, 0.6) is 0 Å². The Balaban J connectivity index is 1.99. The number of carbonyl (C=O) groups excluding carboxylic acids is 1. The molecule has 2 aliphatic rings. The van der Waals surface area contributed by atoms with E-state index >= 15 is 0 Å². The van der Waals surface area contributed by atoms with Gasteiger partial charge in [0.05, 0.1) is 7.11 Å². The smallest absolute Gasteiger partial charge is 0.373 e. The summed E-state index contributed by atoms with van der Waals surface area (Å²) < 4.78 is 10.5. The number of rotatable bonds is 1. The van der Waals surface area contributed by atoms with Crippen molar-refractivity contribution in [2.75, 3.05) is 12.9 Å². The molecule has 0 bridgehead atoms. The van der Waals surface area contributed by atoms with Gasteiger partial charge in [0.2, 0.25) is 5.76 Å². The van der Waals surface area contributed by atoms with E-state index in [0.717, 1.165) is 23.5 Å². The van der Waals surface area contributed by atoms with Crippen LogP contribution in [0.2, 0.25) is 0 Å². The second-order valence-electron chi connectivity index (χ2n) is 4.59. The molecule has 0 radical (unpaired) electrons. The number of benzene rings is 1. The number of ether oxygens (including phenoxy) is 2. The number of allylic oxidation sites excluding steroid dienone is 1. The van der Waals surface area contributed by atoms with Crippen molar-refractivity contribution in [2.45, 2.75) is 18.2 Å². The van der Waals surface area contributed by atoms with Gasteiger partial charge in [-0.1, -0.05) is 11.6 Å². The van der Waals surface area contributed by atoms with E-state index < -0.39 is 5.97 Å². The highest BCUT2D eigenvalue weighted by Crippen LogP contribution is 2.42. The molecule has 0 saturated heterocycles. The maximum Gasteiger partial charge on any atom is 0.373 e. The standard InChI is InChI=1S/C15H14O3S/c1-9-3-6-13-11(7-9)14-10(8-19-13)4-5-12(18-14)15(16)17-2/h3,5-7H,4,8H2,1-2H3.